The Morgan fingerprint density at radius 2 is 2.28 bits per heavy atom. The van der Waals surface area contributed by atoms with Gasteiger partial charge in [0.05, 0.1) is 0 Å². The fraction of sp³-hybridized carbons (Fsp3) is 0.929. The summed E-state index contributed by atoms with van der Waals surface area (Å²) >= 11 is 0. The molecule has 1 amide bonds. The molecule has 1 heterocycles. The van der Waals surface area contributed by atoms with Crippen molar-refractivity contribution in [3.63, 3.8) is 0 Å². The van der Waals surface area contributed by atoms with E-state index in [0.29, 0.717) is 13.0 Å². The molecule has 1 saturated heterocycles. The van der Waals surface area contributed by atoms with Crippen LogP contribution < -0.4 is 5.73 Å². The molecule has 0 aromatic carbocycles. The van der Waals surface area contributed by atoms with E-state index in [2.05, 4.69) is 11.8 Å². The third kappa shape index (κ3) is 5.36. The van der Waals surface area contributed by atoms with Gasteiger partial charge in [0.25, 0.3) is 0 Å². The van der Waals surface area contributed by atoms with Crippen molar-refractivity contribution in [3.05, 3.63) is 0 Å². The van der Waals surface area contributed by atoms with Crippen molar-refractivity contribution in [1.29, 1.82) is 0 Å². The van der Waals surface area contributed by atoms with E-state index in [1.807, 2.05) is 11.9 Å². The van der Waals surface area contributed by atoms with Crippen molar-refractivity contribution in [2.75, 3.05) is 39.8 Å². The van der Waals surface area contributed by atoms with Gasteiger partial charge in [-0.15, -0.1) is 0 Å². The summed E-state index contributed by atoms with van der Waals surface area (Å²) in [6, 6.07) is 0. The number of amides is 1. The summed E-state index contributed by atoms with van der Waals surface area (Å²) in [5.41, 5.74) is 5.45. The number of nitrogens with two attached hydrogens (primary N) is 1. The van der Waals surface area contributed by atoms with Gasteiger partial charge in [0.1, 0.15) is 0 Å². The van der Waals surface area contributed by atoms with Crippen molar-refractivity contribution in [3.8, 4) is 0 Å². The highest BCUT2D eigenvalue weighted by Crippen LogP contribution is 2.20. The van der Waals surface area contributed by atoms with Crippen LogP contribution >= 0.6 is 0 Å². The monoisotopic (exact) mass is 255 g/mol. The van der Waals surface area contributed by atoms with Crippen molar-refractivity contribution < 1.29 is 4.79 Å². The first-order valence-electron chi connectivity index (χ1n) is 7.33. The summed E-state index contributed by atoms with van der Waals surface area (Å²) in [6.07, 6.45) is 5.47. The lowest BCUT2D eigenvalue weighted by Gasteiger charge is -2.20. The maximum absolute atomic E-state index is 11.9. The fourth-order valence-electron chi connectivity index (χ4n) is 2.66. The first kappa shape index (κ1) is 15.4. The van der Waals surface area contributed by atoms with E-state index < -0.39 is 0 Å². The van der Waals surface area contributed by atoms with Crippen LogP contribution in [0.4, 0.5) is 0 Å². The predicted molar refractivity (Wildman–Crippen MR) is 75.4 cm³/mol. The summed E-state index contributed by atoms with van der Waals surface area (Å²) < 4.78 is 0. The van der Waals surface area contributed by atoms with Crippen LogP contribution in [0.25, 0.3) is 0 Å². The van der Waals surface area contributed by atoms with E-state index in [1.54, 1.807) is 0 Å². The van der Waals surface area contributed by atoms with Gasteiger partial charge in [-0.05, 0) is 38.3 Å². The van der Waals surface area contributed by atoms with Crippen LogP contribution in [-0.4, -0.2) is 55.5 Å². The van der Waals surface area contributed by atoms with Crippen LogP contribution in [0.5, 0.6) is 0 Å². The standard InChI is InChI=1S/C14H29N3O/c1-3-5-13-6-10-17(12-13)11-7-14(18)16(2)9-4-8-15/h13H,3-12,15H2,1-2H3. The number of rotatable bonds is 8. The molecule has 4 heteroatoms. The molecule has 18 heavy (non-hydrogen) atoms. The summed E-state index contributed by atoms with van der Waals surface area (Å²) in [5.74, 6) is 1.11. The van der Waals surface area contributed by atoms with Crippen LogP contribution in [0.15, 0.2) is 0 Å². The molecule has 4 nitrogen and oxygen atoms in total. The van der Waals surface area contributed by atoms with Gasteiger partial charge in [-0.2, -0.15) is 0 Å². The number of hydrogen-bond donors (Lipinski definition) is 1. The Morgan fingerprint density at radius 1 is 1.50 bits per heavy atom. The van der Waals surface area contributed by atoms with E-state index in [1.165, 1.54) is 32.4 Å². The lowest BCUT2D eigenvalue weighted by molar-refractivity contribution is -0.130. The largest absolute Gasteiger partial charge is 0.346 e. The number of nitrogens with zero attached hydrogens (tertiary/aromatic N) is 2. The topological polar surface area (TPSA) is 49.6 Å². The Labute approximate surface area is 111 Å². The molecule has 0 radical (unpaired) electrons. The normalized spacial score (nSPS) is 20.3. The van der Waals surface area contributed by atoms with Crippen molar-refractivity contribution >= 4 is 5.91 Å². The Bertz CT molecular complexity index is 245. The van der Waals surface area contributed by atoms with Gasteiger partial charge in [-0.1, -0.05) is 13.3 Å². The van der Waals surface area contributed by atoms with Crippen LogP contribution in [0, 0.1) is 5.92 Å². The molecule has 0 aromatic heterocycles. The van der Waals surface area contributed by atoms with Gasteiger partial charge in [-0.3, -0.25) is 4.79 Å². The van der Waals surface area contributed by atoms with Crippen LogP contribution in [0.1, 0.15) is 39.0 Å². The minimum absolute atomic E-state index is 0.252. The van der Waals surface area contributed by atoms with Crippen LogP contribution in [-0.2, 0) is 4.79 Å². The van der Waals surface area contributed by atoms with Crippen LogP contribution in [0.3, 0.4) is 0 Å². The minimum Gasteiger partial charge on any atom is -0.346 e. The molecule has 0 spiro atoms. The second kappa shape index (κ2) is 8.48. The van der Waals surface area contributed by atoms with Crippen molar-refractivity contribution in [1.82, 2.24) is 9.80 Å². The molecule has 106 valence electrons. The smallest absolute Gasteiger partial charge is 0.223 e. The van der Waals surface area contributed by atoms with Gasteiger partial charge < -0.3 is 15.5 Å². The van der Waals surface area contributed by atoms with Crippen molar-refractivity contribution in [2.24, 2.45) is 11.7 Å². The Kier molecular flexibility index (Phi) is 7.28. The number of carbonyl (C=O) groups is 1. The van der Waals surface area contributed by atoms with Gasteiger partial charge in [-0.25, -0.2) is 0 Å². The first-order chi connectivity index (χ1) is 8.67. The number of carbonyl (C=O) groups excluding carboxylic acids is 1. The maximum Gasteiger partial charge on any atom is 0.223 e. The third-order valence-electron chi connectivity index (χ3n) is 3.83. The third-order valence-corrected chi connectivity index (χ3v) is 3.83. The molecule has 1 unspecified atom stereocenters. The van der Waals surface area contributed by atoms with E-state index >= 15 is 0 Å². The van der Waals surface area contributed by atoms with Crippen molar-refractivity contribution in [2.45, 2.75) is 39.0 Å². The second-order valence-corrected chi connectivity index (χ2v) is 5.45. The quantitative estimate of drug-likeness (QED) is 0.711. The predicted octanol–water partition coefficient (Wildman–Crippen LogP) is 1.31. The summed E-state index contributed by atoms with van der Waals surface area (Å²) in [7, 11) is 1.88. The van der Waals surface area contributed by atoms with E-state index in [-0.39, 0.29) is 5.91 Å². The van der Waals surface area contributed by atoms with E-state index in [0.717, 1.165) is 25.4 Å². The van der Waals surface area contributed by atoms with E-state index in [9.17, 15) is 4.79 Å². The van der Waals surface area contributed by atoms with Gasteiger partial charge in [0.15, 0.2) is 0 Å². The summed E-state index contributed by atoms with van der Waals surface area (Å²) in [6.45, 7) is 6.97. The van der Waals surface area contributed by atoms with Gasteiger partial charge in [0, 0.05) is 33.1 Å². The Hall–Kier alpha value is -0.610. The second-order valence-electron chi connectivity index (χ2n) is 5.45. The molecule has 1 aliphatic rings. The highest BCUT2D eigenvalue weighted by Gasteiger charge is 2.22. The molecule has 1 atom stereocenters. The van der Waals surface area contributed by atoms with E-state index in [4.69, 9.17) is 5.73 Å². The molecule has 0 aromatic rings. The average molecular weight is 255 g/mol. The fourth-order valence-corrected chi connectivity index (χ4v) is 2.66. The lowest BCUT2D eigenvalue weighted by atomic mass is 10.0. The Balaban J connectivity index is 2.15. The molecule has 0 bridgehead atoms. The Morgan fingerprint density at radius 3 is 2.94 bits per heavy atom. The molecular formula is C14H29N3O. The molecule has 1 aliphatic heterocycles. The average Bonchev–Trinajstić information content (AvgIpc) is 2.81. The number of likely N-dealkylation sites (tertiary alicyclic amines) is 1. The lowest BCUT2D eigenvalue weighted by Crippen LogP contribution is -2.32. The molecule has 2 N–H and O–H groups in total. The summed E-state index contributed by atoms with van der Waals surface area (Å²) in [5, 5.41) is 0. The zero-order valence-corrected chi connectivity index (χ0v) is 12.0. The maximum atomic E-state index is 11.9. The number of hydrogen-bond acceptors (Lipinski definition) is 3. The zero-order chi connectivity index (χ0) is 13.4. The molecule has 0 aliphatic carbocycles. The molecule has 0 saturated carbocycles. The summed E-state index contributed by atoms with van der Waals surface area (Å²) in [4.78, 5) is 16.1. The molecule has 1 fully saturated rings. The molecule has 1 rings (SSSR count). The minimum atomic E-state index is 0.252. The van der Waals surface area contributed by atoms with Gasteiger partial charge in [0.2, 0.25) is 5.91 Å². The first-order valence-corrected chi connectivity index (χ1v) is 7.33. The zero-order valence-electron chi connectivity index (χ0n) is 12.0. The van der Waals surface area contributed by atoms with Gasteiger partial charge >= 0.3 is 0 Å². The SMILES string of the molecule is CCCC1CCN(CCC(=O)N(C)CCCN)C1. The van der Waals surface area contributed by atoms with Crippen LogP contribution in [0.2, 0.25) is 0 Å². The highest BCUT2D eigenvalue weighted by atomic mass is 16.2. The molecular weight excluding hydrogens is 226 g/mol. The highest BCUT2D eigenvalue weighted by molar-refractivity contribution is 5.76.